The van der Waals surface area contributed by atoms with Crippen molar-refractivity contribution in [3.8, 4) is 5.69 Å². The predicted molar refractivity (Wildman–Crippen MR) is 170 cm³/mol. The lowest BCUT2D eigenvalue weighted by Crippen LogP contribution is -2.50. The first-order valence-electron chi connectivity index (χ1n) is 14.5. The zero-order valence-electron chi connectivity index (χ0n) is 25.6. The second-order valence-corrected chi connectivity index (χ2v) is 11.7. The minimum Gasteiger partial charge on any atom is -0.444 e. The van der Waals surface area contributed by atoms with Crippen LogP contribution in [0.25, 0.3) is 5.69 Å². The van der Waals surface area contributed by atoms with Crippen molar-refractivity contribution in [1.29, 1.82) is 0 Å². The number of hydrogen-bond donors (Lipinski definition) is 2. The maximum absolute atomic E-state index is 13.2. The molecule has 1 aromatic heterocycles. The highest BCUT2D eigenvalue weighted by atomic mass is 16.6. The molecule has 2 heterocycles. The van der Waals surface area contributed by atoms with E-state index in [1.165, 1.54) is 4.68 Å². The van der Waals surface area contributed by atoms with Gasteiger partial charge < -0.3 is 14.5 Å². The van der Waals surface area contributed by atoms with Gasteiger partial charge >= 0.3 is 6.09 Å². The Hall–Kier alpha value is -5.19. The summed E-state index contributed by atoms with van der Waals surface area (Å²) in [7, 11) is 0. The molecule has 0 bridgehead atoms. The second kappa shape index (κ2) is 12.6. The van der Waals surface area contributed by atoms with Gasteiger partial charge in [0.15, 0.2) is 0 Å². The number of benzene rings is 3. The van der Waals surface area contributed by atoms with E-state index in [2.05, 4.69) is 25.6 Å². The van der Waals surface area contributed by atoms with Gasteiger partial charge in [0, 0.05) is 43.0 Å². The number of carbonyl (C=O) groups excluding carboxylic acids is 3. The molecular formula is C33H37N7O4. The van der Waals surface area contributed by atoms with Gasteiger partial charge in [-0.1, -0.05) is 36.4 Å². The molecule has 0 aliphatic carbocycles. The van der Waals surface area contributed by atoms with Crippen molar-refractivity contribution < 1.29 is 19.1 Å². The third-order valence-corrected chi connectivity index (χ3v) is 7.23. The maximum atomic E-state index is 13.2. The lowest BCUT2D eigenvalue weighted by molar-refractivity contribution is 0.0240. The molecule has 11 heteroatoms. The van der Waals surface area contributed by atoms with Crippen LogP contribution in [0.15, 0.2) is 72.8 Å². The van der Waals surface area contributed by atoms with Crippen LogP contribution >= 0.6 is 0 Å². The number of carbonyl (C=O) groups is 3. The van der Waals surface area contributed by atoms with Crippen LogP contribution < -0.4 is 15.5 Å². The number of amides is 3. The minimum absolute atomic E-state index is 0.0562. The van der Waals surface area contributed by atoms with E-state index in [-0.39, 0.29) is 29.8 Å². The normalized spacial score (nSPS) is 13.4. The van der Waals surface area contributed by atoms with Gasteiger partial charge in [-0.3, -0.25) is 20.2 Å². The fraction of sp³-hybridized carbons (Fsp3) is 0.303. The van der Waals surface area contributed by atoms with Crippen LogP contribution in [0.4, 0.5) is 22.4 Å². The first kappa shape index (κ1) is 30.3. The predicted octanol–water partition coefficient (Wildman–Crippen LogP) is 5.45. The van der Waals surface area contributed by atoms with E-state index in [4.69, 9.17) is 4.74 Å². The number of aryl methyl sites for hydroxylation is 2. The van der Waals surface area contributed by atoms with Crippen molar-refractivity contribution in [2.24, 2.45) is 0 Å². The number of anilines is 3. The summed E-state index contributed by atoms with van der Waals surface area (Å²) in [6, 6.07) is 22.2. The number of nitrogens with zero attached hydrogens (tertiary/aromatic N) is 5. The summed E-state index contributed by atoms with van der Waals surface area (Å²) in [5.74, 6) is -0.469. The van der Waals surface area contributed by atoms with Crippen LogP contribution in [-0.4, -0.2) is 69.4 Å². The van der Waals surface area contributed by atoms with E-state index in [1.54, 1.807) is 29.2 Å². The Balaban J connectivity index is 1.36. The Morgan fingerprint density at radius 2 is 1.25 bits per heavy atom. The first-order chi connectivity index (χ1) is 21.0. The largest absolute Gasteiger partial charge is 0.444 e. The average Bonchev–Trinajstić information content (AvgIpc) is 3.38. The Morgan fingerprint density at radius 3 is 1.80 bits per heavy atom. The van der Waals surface area contributed by atoms with E-state index >= 15 is 0 Å². The molecule has 0 radical (unpaired) electrons. The van der Waals surface area contributed by atoms with Gasteiger partial charge in [-0.25, -0.2) is 4.79 Å². The molecule has 0 unspecified atom stereocenters. The molecule has 4 aromatic rings. The molecule has 1 saturated heterocycles. The van der Waals surface area contributed by atoms with Crippen molar-refractivity contribution in [2.75, 3.05) is 41.7 Å². The number of ether oxygens (including phenoxy) is 1. The highest BCUT2D eigenvalue weighted by Gasteiger charge is 2.26. The molecule has 228 valence electrons. The summed E-state index contributed by atoms with van der Waals surface area (Å²) in [4.78, 5) is 47.1. The minimum atomic E-state index is -0.535. The molecule has 11 nitrogen and oxygen atoms in total. The summed E-state index contributed by atoms with van der Waals surface area (Å²) in [5.41, 5.74) is 3.74. The van der Waals surface area contributed by atoms with Crippen LogP contribution in [0.3, 0.4) is 0 Å². The third-order valence-electron chi connectivity index (χ3n) is 7.23. The Labute approximate surface area is 256 Å². The molecular weight excluding hydrogens is 558 g/mol. The maximum Gasteiger partial charge on any atom is 0.410 e. The topological polar surface area (TPSA) is 122 Å². The number of hydrogen-bond acceptors (Lipinski definition) is 7. The smallest absolute Gasteiger partial charge is 0.410 e. The van der Waals surface area contributed by atoms with E-state index < -0.39 is 5.60 Å². The molecule has 5 rings (SSSR count). The zero-order valence-corrected chi connectivity index (χ0v) is 25.6. The first-order valence-corrected chi connectivity index (χ1v) is 14.5. The summed E-state index contributed by atoms with van der Waals surface area (Å²) < 4.78 is 7.00. The molecule has 2 N–H and O–H groups in total. The summed E-state index contributed by atoms with van der Waals surface area (Å²) in [6.45, 7) is 11.7. The molecule has 1 fully saturated rings. The fourth-order valence-corrected chi connectivity index (χ4v) is 4.90. The quantitative estimate of drug-likeness (QED) is 0.304. The molecule has 1 aliphatic rings. The summed E-state index contributed by atoms with van der Waals surface area (Å²) in [6.07, 6.45) is -0.302. The number of rotatable bonds is 6. The Morgan fingerprint density at radius 1 is 0.727 bits per heavy atom. The molecule has 1 aliphatic heterocycles. The van der Waals surface area contributed by atoms with Gasteiger partial charge in [-0.2, -0.15) is 9.67 Å². The SMILES string of the molecule is Cc1ccccc1C(=O)Nc1nc(NC(=O)c2ccccc2C)n(-c2ccc(N3CCN(C(=O)OC(C)(C)C)CC3)cc2)n1. The fourth-order valence-electron chi connectivity index (χ4n) is 4.90. The van der Waals surface area contributed by atoms with Crippen LogP contribution in [0.2, 0.25) is 0 Å². The zero-order chi connectivity index (χ0) is 31.4. The van der Waals surface area contributed by atoms with Crippen molar-refractivity contribution >= 4 is 35.5 Å². The summed E-state index contributed by atoms with van der Waals surface area (Å²) >= 11 is 0. The molecule has 0 atom stereocenters. The highest BCUT2D eigenvalue weighted by Crippen LogP contribution is 2.23. The van der Waals surface area contributed by atoms with Gasteiger partial charge in [-0.15, -0.1) is 5.10 Å². The molecule has 0 saturated carbocycles. The molecule has 3 aromatic carbocycles. The molecule has 0 spiro atoms. The Bertz CT molecular complexity index is 1670. The van der Waals surface area contributed by atoms with Crippen molar-refractivity contribution in [3.63, 3.8) is 0 Å². The van der Waals surface area contributed by atoms with Crippen molar-refractivity contribution in [3.05, 3.63) is 95.1 Å². The number of nitrogens with one attached hydrogen (secondary N) is 2. The second-order valence-electron chi connectivity index (χ2n) is 11.7. The summed E-state index contributed by atoms with van der Waals surface area (Å²) in [5, 5.41) is 10.2. The van der Waals surface area contributed by atoms with E-state index in [0.29, 0.717) is 43.0 Å². The van der Waals surface area contributed by atoms with Gasteiger partial charge in [0.05, 0.1) is 5.69 Å². The van der Waals surface area contributed by atoms with Gasteiger partial charge in [0.1, 0.15) is 5.60 Å². The van der Waals surface area contributed by atoms with Crippen molar-refractivity contribution in [1.82, 2.24) is 19.7 Å². The van der Waals surface area contributed by atoms with Crippen LogP contribution in [0, 0.1) is 13.8 Å². The van der Waals surface area contributed by atoms with Crippen LogP contribution in [-0.2, 0) is 4.74 Å². The lowest BCUT2D eigenvalue weighted by Gasteiger charge is -2.36. The van der Waals surface area contributed by atoms with E-state index in [1.807, 2.05) is 83.1 Å². The Kier molecular flexibility index (Phi) is 8.66. The van der Waals surface area contributed by atoms with Gasteiger partial charge in [0.2, 0.25) is 5.95 Å². The molecule has 44 heavy (non-hydrogen) atoms. The van der Waals surface area contributed by atoms with Gasteiger partial charge in [-0.05, 0) is 82.1 Å². The lowest BCUT2D eigenvalue weighted by atomic mass is 10.1. The van der Waals surface area contributed by atoms with E-state index in [0.717, 1.165) is 16.8 Å². The van der Waals surface area contributed by atoms with Crippen molar-refractivity contribution in [2.45, 2.75) is 40.2 Å². The monoisotopic (exact) mass is 595 g/mol. The molecule has 3 amide bonds. The number of aromatic nitrogens is 3. The highest BCUT2D eigenvalue weighted by molar-refractivity contribution is 6.06. The van der Waals surface area contributed by atoms with Crippen LogP contribution in [0.1, 0.15) is 52.6 Å². The average molecular weight is 596 g/mol. The number of piperazine rings is 1. The van der Waals surface area contributed by atoms with E-state index in [9.17, 15) is 14.4 Å². The third kappa shape index (κ3) is 7.05. The standard InChI is InChI=1S/C33H37N7O4/c1-22-10-6-8-12-26(22)28(41)34-30-36-31(35-29(42)27-13-9-7-11-23(27)2)40(37-30)25-16-14-24(15-17-25)38-18-20-39(21-19-38)32(43)44-33(3,4)5/h6-17H,18-21H2,1-5H3,(H2,34,35,36,37,41,42). The van der Waals surface area contributed by atoms with Gasteiger partial charge in [0.25, 0.3) is 17.8 Å². The van der Waals surface area contributed by atoms with Crippen LogP contribution in [0.5, 0.6) is 0 Å².